The van der Waals surface area contributed by atoms with Gasteiger partial charge in [-0.1, -0.05) is 46.8 Å². The number of hydrogen-bond acceptors (Lipinski definition) is 2. The summed E-state index contributed by atoms with van der Waals surface area (Å²) in [5, 5.41) is 9.94. The normalized spacial score (nSPS) is 16.1. The zero-order valence-electron chi connectivity index (χ0n) is 11.9. The maximum atomic E-state index is 9.74. The lowest BCUT2D eigenvalue weighted by Gasteiger charge is -2.36. The third-order valence-corrected chi connectivity index (χ3v) is 7.64. The van der Waals surface area contributed by atoms with E-state index in [1.54, 1.807) is 0 Å². The Hall–Kier alpha value is -0.123. The van der Waals surface area contributed by atoms with Crippen LogP contribution in [0.15, 0.2) is 12.2 Å². The SMILES string of the molecule is CC(C)/C=C\[C@H](O)CO[Si](C)(C)C(C)(C)C. The summed E-state index contributed by atoms with van der Waals surface area (Å²) in [4.78, 5) is 0. The highest BCUT2D eigenvalue weighted by atomic mass is 28.4. The predicted molar refractivity (Wildman–Crippen MR) is 73.1 cm³/mol. The van der Waals surface area contributed by atoms with Crippen LogP contribution in [0.1, 0.15) is 34.6 Å². The fraction of sp³-hybridized carbons (Fsp3) is 0.846. The molecule has 2 nitrogen and oxygen atoms in total. The van der Waals surface area contributed by atoms with Crippen LogP contribution >= 0.6 is 0 Å². The molecule has 0 aromatic rings. The van der Waals surface area contributed by atoms with E-state index in [2.05, 4.69) is 47.7 Å². The molecule has 0 aromatic heterocycles. The molecule has 1 N–H and O–H groups in total. The fourth-order valence-corrected chi connectivity index (χ4v) is 1.94. The summed E-state index contributed by atoms with van der Waals surface area (Å²) >= 11 is 0. The lowest BCUT2D eigenvalue weighted by molar-refractivity contribution is 0.135. The molecule has 0 aliphatic rings. The van der Waals surface area contributed by atoms with Crippen molar-refractivity contribution in [3.63, 3.8) is 0 Å². The lowest BCUT2D eigenvalue weighted by Crippen LogP contribution is -2.42. The van der Waals surface area contributed by atoms with E-state index in [1.165, 1.54) is 0 Å². The molecule has 0 fully saturated rings. The molecular weight excluding hydrogens is 216 g/mol. The van der Waals surface area contributed by atoms with E-state index in [4.69, 9.17) is 4.43 Å². The van der Waals surface area contributed by atoms with Crippen LogP contribution in [-0.4, -0.2) is 26.1 Å². The first-order valence-electron chi connectivity index (χ1n) is 6.06. The van der Waals surface area contributed by atoms with Gasteiger partial charge in [0, 0.05) is 0 Å². The predicted octanol–water partition coefficient (Wildman–Crippen LogP) is 3.58. The van der Waals surface area contributed by atoms with Crippen LogP contribution in [0.5, 0.6) is 0 Å². The molecule has 0 aliphatic carbocycles. The van der Waals surface area contributed by atoms with Crippen molar-refractivity contribution >= 4 is 8.32 Å². The second-order valence-electron chi connectivity index (χ2n) is 6.27. The van der Waals surface area contributed by atoms with Crippen LogP contribution < -0.4 is 0 Å². The van der Waals surface area contributed by atoms with Gasteiger partial charge >= 0.3 is 0 Å². The third-order valence-electron chi connectivity index (χ3n) is 3.14. The number of aliphatic hydroxyl groups is 1. The van der Waals surface area contributed by atoms with Crippen molar-refractivity contribution < 1.29 is 9.53 Å². The topological polar surface area (TPSA) is 29.5 Å². The standard InChI is InChI=1S/C13H28O2Si/c1-11(2)8-9-12(14)10-15-16(6,7)13(3,4)5/h8-9,11-12,14H,10H2,1-7H3/b9-8-/t12-/m0/s1. The molecule has 0 spiro atoms. The Labute approximate surface area is 102 Å². The van der Waals surface area contributed by atoms with Gasteiger partial charge in [-0.15, -0.1) is 0 Å². The summed E-state index contributed by atoms with van der Waals surface area (Å²) in [6.45, 7) is 15.6. The Morgan fingerprint density at radius 2 is 1.69 bits per heavy atom. The minimum absolute atomic E-state index is 0.203. The van der Waals surface area contributed by atoms with Crippen molar-refractivity contribution in [2.45, 2.75) is 58.9 Å². The monoisotopic (exact) mass is 244 g/mol. The molecule has 0 amide bonds. The molecule has 3 heteroatoms. The van der Waals surface area contributed by atoms with Gasteiger partial charge in [-0.25, -0.2) is 0 Å². The summed E-state index contributed by atoms with van der Waals surface area (Å²) in [5.41, 5.74) is 0. The van der Waals surface area contributed by atoms with Crippen LogP contribution in [-0.2, 0) is 4.43 Å². The minimum Gasteiger partial charge on any atom is -0.414 e. The lowest BCUT2D eigenvalue weighted by atomic mass is 10.2. The van der Waals surface area contributed by atoms with E-state index < -0.39 is 14.4 Å². The van der Waals surface area contributed by atoms with E-state index in [1.807, 2.05) is 12.2 Å². The van der Waals surface area contributed by atoms with Gasteiger partial charge in [-0.3, -0.25) is 0 Å². The molecule has 0 unspecified atom stereocenters. The van der Waals surface area contributed by atoms with Crippen LogP contribution in [0.3, 0.4) is 0 Å². The quantitative estimate of drug-likeness (QED) is 0.591. The molecule has 0 saturated heterocycles. The largest absolute Gasteiger partial charge is 0.414 e. The first-order valence-corrected chi connectivity index (χ1v) is 8.97. The summed E-state index contributed by atoms with van der Waals surface area (Å²) in [6, 6.07) is 0. The first kappa shape index (κ1) is 15.9. The summed E-state index contributed by atoms with van der Waals surface area (Å²) < 4.78 is 5.93. The number of rotatable bonds is 5. The van der Waals surface area contributed by atoms with E-state index in [-0.39, 0.29) is 5.04 Å². The van der Waals surface area contributed by atoms with Crippen molar-refractivity contribution in [3.05, 3.63) is 12.2 Å². The van der Waals surface area contributed by atoms with E-state index in [0.29, 0.717) is 12.5 Å². The highest BCUT2D eigenvalue weighted by molar-refractivity contribution is 6.74. The molecule has 0 radical (unpaired) electrons. The zero-order chi connectivity index (χ0) is 13.0. The maximum Gasteiger partial charge on any atom is 0.192 e. The van der Waals surface area contributed by atoms with Gasteiger partial charge in [0.15, 0.2) is 8.32 Å². The van der Waals surface area contributed by atoms with Gasteiger partial charge in [-0.05, 0) is 24.1 Å². The van der Waals surface area contributed by atoms with Gasteiger partial charge < -0.3 is 9.53 Å². The molecule has 0 bridgehead atoms. The van der Waals surface area contributed by atoms with Crippen molar-refractivity contribution in [1.82, 2.24) is 0 Å². The second kappa shape index (κ2) is 5.99. The summed E-state index contributed by atoms with van der Waals surface area (Å²) in [7, 11) is -1.72. The number of hydrogen-bond donors (Lipinski definition) is 1. The van der Waals surface area contributed by atoms with Gasteiger partial charge in [0.2, 0.25) is 0 Å². The van der Waals surface area contributed by atoms with Crippen LogP contribution in [0.2, 0.25) is 18.1 Å². The Kier molecular flexibility index (Phi) is 5.94. The molecule has 0 rings (SSSR count). The van der Waals surface area contributed by atoms with E-state index in [9.17, 15) is 5.11 Å². The highest BCUT2D eigenvalue weighted by Gasteiger charge is 2.37. The summed E-state index contributed by atoms with van der Waals surface area (Å²) in [5.74, 6) is 0.475. The Morgan fingerprint density at radius 1 is 1.19 bits per heavy atom. The molecule has 1 atom stereocenters. The molecular formula is C13H28O2Si. The van der Waals surface area contributed by atoms with Crippen molar-refractivity contribution in [2.24, 2.45) is 5.92 Å². The Morgan fingerprint density at radius 3 is 2.06 bits per heavy atom. The molecule has 0 aliphatic heterocycles. The van der Waals surface area contributed by atoms with Crippen molar-refractivity contribution in [1.29, 1.82) is 0 Å². The Bertz CT molecular complexity index is 227. The highest BCUT2D eigenvalue weighted by Crippen LogP contribution is 2.36. The van der Waals surface area contributed by atoms with Gasteiger partial charge in [0.25, 0.3) is 0 Å². The first-order chi connectivity index (χ1) is 7.06. The maximum absolute atomic E-state index is 9.74. The van der Waals surface area contributed by atoms with Crippen molar-refractivity contribution in [2.75, 3.05) is 6.61 Å². The molecule has 0 saturated carbocycles. The molecule has 0 aromatic carbocycles. The van der Waals surface area contributed by atoms with E-state index >= 15 is 0 Å². The van der Waals surface area contributed by atoms with Crippen LogP contribution in [0.25, 0.3) is 0 Å². The third kappa shape index (κ3) is 5.82. The number of aliphatic hydroxyl groups excluding tert-OH is 1. The molecule has 0 heterocycles. The molecule has 96 valence electrons. The van der Waals surface area contributed by atoms with Gasteiger partial charge in [-0.2, -0.15) is 0 Å². The Balaban J connectivity index is 4.15. The second-order valence-corrected chi connectivity index (χ2v) is 11.1. The van der Waals surface area contributed by atoms with Gasteiger partial charge in [0.1, 0.15) is 0 Å². The minimum atomic E-state index is -1.72. The van der Waals surface area contributed by atoms with Gasteiger partial charge in [0.05, 0.1) is 12.7 Å². The zero-order valence-corrected chi connectivity index (χ0v) is 12.9. The average molecular weight is 244 g/mol. The average Bonchev–Trinajstić information content (AvgIpc) is 2.09. The smallest absolute Gasteiger partial charge is 0.192 e. The van der Waals surface area contributed by atoms with E-state index in [0.717, 1.165) is 0 Å². The van der Waals surface area contributed by atoms with Crippen LogP contribution in [0.4, 0.5) is 0 Å². The fourth-order valence-electron chi connectivity index (χ4n) is 0.916. The molecule has 16 heavy (non-hydrogen) atoms. The van der Waals surface area contributed by atoms with Crippen LogP contribution in [0, 0.1) is 5.92 Å². The van der Waals surface area contributed by atoms with Crippen molar-refractivity contribution in [3.8, 4) is 0 Å². The number of allylic oxidation sites excluding steroid dienone is 1. The summed E-state index contributed by atoms with van der Waals surface area (Å²) in [6.07, 6.45) is 3.37.